The molecule has 0 aliphatic heterocycles. The molecular formula is C19H19ClN4O2S. The first kappa shape index (κ1) is 19.3. The molecule has 0 aliphatic carbocycles. The Morgan fingerprint density at radius 2 is 1.93 bits per heavy atom. The van der Waals surface area contributed by atoms with Crippen molar-refractivity contribution < 1.29 is 9.53 Å². The van der Waals surface area contributed by atoms with Gasteiger partial charge in [0.2, 0.25) is 5.91 Å². The molecule has 0 fully saturated rings. The summed E-state index contributed by atoms with van der Waals surface area (Å²) in [5.74, 6) is 1.54. The van der Waals surface area contributed by atoms with E-state index < -0.39 is 0 Å². The summed E-state index contributed by atoms with van der Waals surface area (Å²) in [7, 11) is 1.85. The maximum absolute atomic E-state index is 12.2. The molecule has 6 nitrogen and oxygen atoms in total. The second kappa shape index (κ2) is 8.92. The van der Waals surface area contributed by atoms with E-state index in [2.05, 4.69) is 15.5 Å². The number of hydrogen-bond acceptors (Lipinski definition) is 5. The number of nitrogens with zero attached hydrogens (tertiary/aromatic N) is 3. The van der Waals surface area contributed by atoms with Crippen LogP contribution in [0.15, 0.2) is 53.7 Å². The van der Waals surface area contributed by atoms with Crippen molar-refractivity contribution in [3.8, 4) is 17.1 Å². The molecule has 27 heavy (non-hydrogen) atoms. The van der Waals surface area contributed by atoms with Crippen molar-refractivity contribution in [2.24, 2.45) is 7.05 Å². The number of carbonyl (C=O) groups excluding carboxylic acids is 1. The van der Waals surface area contributed by atoms with Crippen molar-refractivity contribution in [1.82, 2.24) is 14.8 Å². The normalized spacial score (nSPS) is 10.6. The second-order valence-electron chi connectivity index (χ2n) is 5.64. The average Bonchev–Trinajstić information content (AvgIpc) is 3.03. The Morgan fingerprint density at radius 1 is 1.19 bits per heavy atom. The number of benzene rings is 2. The molecule has 0 unspecified atom stereocenters. The van der Waals surface area contributed by atoms with E-state index in [0.29, 0.717) is 22.6 Å². The van der Waals surface area contributed by atoms with Gasteiger partial charge in [0.1, 0.15) is 5.75 Å². The SMILES string of the molecule is CCOc1ccc(NC(=O)CSc2nnc(-c3ccccc3Cl)n2C)cc1. The molecule has 1 amide bonds. The van der Waals surface area contributed by atoms with Crippen LogP contribution in [0.1, 0.15) is 6.92 Å². The van der Waals surface area contributed by atoms with Crippen LogP contribution >= 0.6 is 23.4 Å². The van der Waals surface area contributed by atoms with E-state index in [-0.39, 0.29) is 11.7 Å². The van der Waals surface area contributed by atoms with E-state index in [4.69, 9.17) is 16.3 Å². The highest BCUT2D eigenvalue weighted by molar-refractivity contribution is 7.99. The van der Waals surface area contributed by atoms with Crippen LogP contribution in [-0.4, -0.2) is 33.0 Å². The molecular weight excluding hydrogens is 384 g/mol. The van der Waals surface area contributed by atoms with E-state index in [1.165, 1.54) is 11.8 Å². The molecule has 1 aromatic heterocycles. The lowest BCUT2D eigenvalue weighted by Crippen LogP contribution is -2.14. The molecule has 8 heteroatoms. The lowest BCUT2D eigenvalue weighted by atomic mass is 10.2. The first-order valence-electron chi connectivity index (χ1n) is 8.38. The summed E-state index contributed by atoms with van der Waals surface area (Å²) in [6, 6.07) is 14.7. The summed E-state index contributed by atoms with van der Waals surface area (Å²) >= 11 is 7.54. The molecule has 2 aromatic carbocycles. The smallest absolute Gasteiger partial charge is 0.234 e. The zero-order chi connectivity index (χ0) is 19.2. The van der Waals surface area contributed by atoms with E-state index >= 15 is 0 Å². The van der Waals surface area contributed by atoms with Crippen LogP contribution in [0, 0.1) is 0 Å². The van der Waals surface area contributed by atoms with Crippen molar-refractivity contribution in [2.45, 2.75) is 12.1 Å². The molecule has 0 aliphatic rings. The van der Waals surface area contributed by atoms with Crippen molar-refractivity contribution >= 4 is 35.0 Å². The van der Waals surface area contributed by atoms with Gasteiger partial charge in [0.15, 0.2) is 11.0 Å². The highest BCUT2D eigenvalue weighted by atomic mass is 35.5. The maximum Gasteiger partial charge on any atom is 0.234 e. The van der Waals surface area contributed by atoms with Gasteiger partial charge >= 0.3 is 0 Å². The van der Waals surface area contributed by atoms with Crippen molar-refractivity contribution in [3.05, 3.63) is 53.6 Å². The van der Waals surface area contributed by atoms with E-state index in [1.54, 1.807) is 0 Å². The van der Waals surface area contributed by atoms with Gasteiger partial charge in [-0.25, -0.2) is 0 Å². The van der Waals surface area contributed by atoms with Gasteiger partial charge in [0.25, 0.3) is 0 Å². The number of thioether (sulfide) groups is 1. The molecule has 0 saturated carbocycles. The number of halogens is 1. The van der Waals surface area contributed by atoms with Crippen LogP contribution < -0.4 is 10.1 Å². The molecule has 3 rings (SSSR count). The third-order valence-corrected chi connectivity index (χ3v) is 5.08. The first-order valence-corrected chi connectivity index (χ1v) is 9.74. The van der Waals surface area contributed by atoms with Gasteiger partial charge in [0, 0.05) is 18.3 Å². The lowest BCUT2D eigenvalue weighted by Gasteiger charge is -2.07. The minimum atomic E-state index is -0.119. The predicted molar refractivity (Wildman–Crippen MR) is 108 cm³/mol. The van der Waals surface area contributed by atoms with Crippen LogP contribution in [0.4, 0.5) is 5.69 Å². The Labute approximate surface area is 166 Å². The molecule has 3 aromatic rings. The summed E-state index contributed by atoms with van der Waals surface area (Å²) in [6.45, 7) is 2.53. The van der Waals surface area contributed by atoms with Crippen LogP contribution in [0.3, 0.4) is 0 Å². The van der Waals surface area contributed by atoms with E-state index in [9.17, 15) is 4.79 Å². The molecule has 140 valence electrons. The highest BCUT2D eigenvalue weighted by Crippen LogP contribution is 2.28. The molecule has 0 saturated heterocycles. The average molecular weight is 403 g/mol. The zero-order valence-corrected chi connectivity index (χ0v) is 16.5. The Bertz CT molecular complexity index is 928. The van der Waals surface area contributed by atoms with Crippen LogP contribution in [0.25, 0.3) is 11.4 Å². The number of aromatic nitrogens is 3. The summed E-state index contributed by atoms with van der Waals surface area (Å²) in [6.07, 6.45) is 0. The third-order valence-electron chi connectivity index (χ3n) is 3.73. The minimum absolute atomic E-state index is 0.119. The molecule has 0 radical (unpaired) electrons. The van der Waals surface area contributed by atoms with Gasteiger partial charge < -0.3 is 14.6 Å². The van der Waals surface area contributed by atoms with E-state index in [0.717, 1.165) is 17.0 Å². The number of anilines is 1. The van der Waals surface area contributed by atoms with Crippen LogP contribution in [-0.2, 0) is 11.8 Å². The van der Waals surface area contributed by atoms with Crippen molar-refractivity contribution in [3.63, 3.8) is 0 Å². The fourth-order valence-corrected chi connectivity index (χ4v) is 3.38. The first-order chi connectivity index (χ1) is 13.1. The van der Waals surface area contributed by atoms with Crippen molar-refractivity contribution in [1.29, 1.82) is 0 Å². The summed E-state index contributed by atoms with van der Waals surface area (Å²) in [4.78, 5) is 12.2. The quantitative estimate of drug-likeness (QED) is 0.598. The molecule has 0 atom stereocenters. The monoisotopic (exact) mass is 402 g/mol. The number of hydrogen-bond donors (Lipinski definition) is 1. The largest absolute Gasteiger partial charge is 0.494 e. The predicted octanol–water partition coefficient (Wildman–Crippen LogP) is 4.27. The summed E-state index contributed by atoms with van der Waals surface area (Å²) < 4.78 is 7.22. The zero-order valence-electron chi connectivity index (χ0n) is 15.0. The molecule has 0 spiro atoms. The Hall–Kier alpha value is -2.51. The van der Waals surface area contributed by atoms with Gasteiger partial charge in [-0.3, -0.25) is 4.79 Å². The minimum Gasteiger partial charge on any atom is -0.494 e. The molecule has 0 bridgehead atoms. The van der Waals surface area contributed by atoms with Gasteiger partial charge in [-0.15, -0.1) is 10.2 Å². The van der Waals surface area contributed by atoms with Crippen molar-refractivity contribution in [2.75, 3.05) is 17.7 Å². The highest BCUT2D eigenvalue weighted by Gasteiger charge is 2.14. The molecule has 1 heterocycles. The summed E-state index contributed by atoms with van der Waals surface area (Å²) in [5.41, 5.74) is 1.53. The number of nitrogens with one attached hydrogen (secondary N) is 1. The number of ether oxygens (including phenoxy) is 1. The summed E-state index contributed by atoms with van der Waals surface area (Å²) in [5, 5.41) is 12.5. The van der Waals surface area contributed by atoms with Gasteiger partial charge in [-0.2, -0.15) is 0 Å². The number of rotatable bonds is 7. The standard InChI is InChI=1S/C19H19ClN4O2S/c1-3-26-14-10-8-13(9-11-14)21-17(25)12-27-19-23-22-18(24(19)2)15-6-4-5-7-16(15)20/h4-11H,3,12H2,1-2H3,(H,21,25). The van der Waals surface area contributed by atoms with Gasteiger partial charge in [-0.1, -0.05) is 35.5 Å². The van der Waals surface area contributed by atoms with Gasteiger partial charge in [0.05, 0.1) is 17.4 Å². The van der Waals surface area contributed by atoms with Crippen LogP contribution in [0.2, 0.25) is 5.02 Å². The fourth-order valence-electron chi connectivity index (χ4n) is 2.45. The number of carbonyl (C=O) groups is 1. The third kappa shape index (κ3) is 4.81. The Morgan fingerprint density at radius 3 is 2.63 bits per heavy atom. The van der Waals surface area contributed by atoms with E-state index in [1.807, 2.05) is 67.1 Å². The van der Waals surface area contributed by atoms with Gasteiger partial charge in [-0.05, 0) is 43.3 Å². The second-order valence-corrected chi connectivity index (χ2v) is 6.99. The lowest BCUT2D eigenvalue weighted by molar-refractivity contribution is -0.113. The Kier molecular flexibility index (Phi) is 6.36. The topological polar surface area (TPSA) is 69.0 Å². The molecule has 1 N–H and O–H groups in total. The number of amides is 1. The maximum atomic E-state index is 12.2. The van der Waals surface area contributed by atoms with Crippen LogP contribution in [0.5, 0.6) is 5.75 Å². The fraction of sp³-hybridized carbons (Fsp3) is 0.211. The Balaban J connectivity index is 1.60.